The molecule has 0 unspecified atom stereocenters. The van der Waals surface area contributed by atoms with Gasteiger partial charge < -0.3 is 9.47 Å². The summed E-state index contributed by atoms with van der Waals surface area (Å²) in [6.45, 7) is 11.3. The van der Waals surface area contributed by atoms with E-state index >= 15 is 0 Å². The van der Waals surface area contributed by atoms with Gasteiger partial charge in [0.05, 0.1) is 29.2 Å². The summed E-state index contributed by atoms with van der Waals surface area (Å²) in [5.41, 5.74) is 2.62. The monoisotopic (exact) mass is 500 g/mol. The number of nitrogens with one attached hydrogen (secondary N) is 1. The molecule has 3 aromatic rings. The van der Waals surface area contributed by atoms with Crippen LogP contribution in [-0.2, 0) is 27.2 Å². The lowest BCUT2D eigenvalue weighted by atomic mass is 10.1. The summed E-state index contributed by atoms with van der Waals surface area (Å²) < 4.78 is 12.5. The summed E-state index contributed by atoms with van der Waals surface area (Å²) in [7, 11) is 0. The first-order valence-electron chi connectivity index (χ1n) is 11.2. The molecule has 3 rings (SSSR count). The van der Waals surface area contributed by atoms with Gasteiger partial charge in [-0.1, -0.05) is 22.9 Å². The van der Waals surface area contributed by atoms with Crippen LogP contribution in [0.5, 0.6) is 0 Å². The maximum atomic E-state index is 12.8. The number of amides is 1. The largest absolute Gasteiger partial charge is 0.457 e. The highest BCUT2D eigenvalue weighted by Crippen LogP contribution is 2.26. The third kappa shape index (κ3) is 6.75. The van der Waals surface area contributed by atoms with Crippen molar-refractivity contribution in [1.29, 1.82) is 0 Å². The van der Waals surface area contributed by atoms with Crippen LogP contribution in [0.3, 0.4) is 0 Å². The zero-order chi connectivity index (χ0) is 25.8. The number of aromatic nitrogens is 5. The van der Waals surface area contributed by atoms with E-state index in [0.29, 0.717) is 40.6 Å². The first-order valence-corrected chi connectivity index (χ1v) is 11.6. The molecule has 0 aliphatic rings. The third-order valence-electron chi connectivity index (χ3n) is 4.95. The fraction of sp³-hybridized carbons (Fsp3) is 0.417. The second-order valence-corrected chi connectivity index (χ2v) is 9.21. The highest BCUT2D eigenvalue weighted by Gasteiger charge is 2.23. The Labute approximate surface area is 209 Å². The van der Waals surface area contributed by atoms with Crippen molar-refractivity contribution in [2.75, 3.05) is 5.32 Å². The van der Waals surface area contributed by atoms with Gasteiger partial charge in [0, 0.05) is 18.3 Å². The molecule has 0 aliphatic carbocycles. The van der Waals surface area contributed by atoms with Crippen molar-refractivity contribution >= 4 is 29.4 Å². The molecule has 0 fully saturated rings. The van der Waals surface area contributed by atoms with Crippen LogP contribution in [0.1, 0.15) is 57.7 Å². The van der Waals surface area contributed by atoms with Gasteiger partial charge in [0.15, 0.2) is 0 Å². The lowest BCUT2D eigenvalue weighted by molar-refractivity contribution is -0.147. The number of hydrogen-bond donors (Lipinski definition) is 1. The molecule has 1 N–H and O–H groups in total. The van der Waals surface area contributed by atoms with Crippen molar-refractivity contribution in [3.63, 3.8) is 0 Å². The Morgan fingerprint density at radius 1 is 1.23 bits per heavy atom. The molecule has 0 aliphatic heterocycles. The number of aryl methyl sites for hydroxylation is 2. The van der Waals surface area contributed by atoms with Crippen molar-refractivity contribution in [3.8, 4) is 11.4 Å². The zero-order valence-corrected chi connectivity index (χ0v) is 21.4. The number of carbonyl (C=O) groups excluding carboxylic acids is 2. The molecule has 10 nitrogen and oxygen atoms in total. The van der Waals surface area contributed by atoms with Crippen molar-refractivity contribution in [1.82, 2.24) is 25.0 Å². The number of carbonyl (C=O) groups is 2. The number of nitrogens with zero attached hydrogens (tertiary/aromatic N) is 5. The number of anilines is 1. The molecule has 0 spiro atoms. The van der Waals surface area contributed by atoms with E-state index in [1.807, 2.05) is 6.92 Å². The van der Waals surface area contributed by atoms with E-state index in [1.165, 1.54) is 0 Å². The van der Waals surface area contributed by atoms with E-state index in [0.717, 1.165) is 0 Å². The van der Waals surface area contributed by atoms with Gasteiger partial charge in [0.25, 0.3) is 0 Å². The fourth-order valence-electron chi connectivity index (χ4n) is 3.34. The fourth-order valence-corrected chi connectivity index (χ4v) is 3.61. The number of hydrogen-bond acceptors (Lipinski definition) is 8. The molecule has 3 heterocycles. The Kier molecular flexibility index (Phi) is 8.06. The second-order valence-electron chi connectivity index (χ2n) is 8.85. The molecule has 0 bridgehead atoms. The van der Waals surface area contributed by atoms with E-state index < -0.39 is 23.8 Å². The van der Waals surface area contributed by atoms with Crippen LogP contribution in [-0.4, -0.2) is 42.6 Å². The second kappa shape index (κ2) is 10.8. The summed E-state index contributed by atoms with van der Waals surface area (Å²) >= 11 is 6.12. The topological polar surface area (TPSA) is 121 Å². The van der Waals surface area contributed by atoms with Crippen LogP contribution in [0.15, 0.2) is 30.5 Å². The first kappa shape index (κ1) is 26.1. The van der Waals surface area contributed by atoms with Crippen LogP contribution in [0.4, 0.5) is 10.5 Å². The Morgan fingerprint density at radius 3 is 2.60 bits per heavy atom. The molecule has 3 aromatic heterocycles. The maximum Gasteiger partial charge on any atom is 0.412 e. The summed E-state index contributed by atoms with van der Waals surface area (Å²) in [6.07, 6.45) is 0.369. The van der Waals surface area contributed by atoms with Crippen molar-refractivity contribution in [2.24, 2.45) is 0 Å². The van der Waals surface area contributed by atoms with Crippen LogP contribution in [0, 0.1) is 6.92 Å². The highest BCUT2D eigenvalue weighted by atomic mass is 35.5. The molecule has 11 heteroatoms. The van der Waals surface area contributed by atoms with Crippen LogP contribution in [0.2, 0.25) is 5.15 Å². The number of pyridine rings is 2. The molecule has 0 aromatic carbocycles. The minimum Gasteiger partial charge on any atom is -0.457 e. The summed E-state index contributed by atoms with van der Waals surface area (Å²) in [5.74, 6) is -0.462. The van der Waals surface area contributed by atoms with Gasteiger partial charge >= 0.3 is 12.1 Å². The first-order chi connectivity index (χ1) is 16.5. The third-order valence-corrected chi connectivity index (χ3v) is 5.26. The quantitative estimate of drug-likeness (QED) is 0.358. The normalized spacial score (nSPS) is 12.2. The average molecular weight is 501 g/mol. The Morgan fingerprint density at radius 2 is 1.97 bits per heavy atom. The molecule has 1 atom stereocenters. The smallest absolute Gasteiger partial charge is 0.412 e. The van der Waals surface area contributed by atoms with Gasteiger partial charge in [-0.05, 0) is 59.7 Å². The van der Waals surface area contributed by atoms with Crippen LogP contribution >= 0.6 is 11.6 Å². The molecule has 0 radical (unpaired) electrons. The summed E-state index contributed by atoms with van der Waals surface area (Å²) in [6, 6.07) is 6.91. The van der Waals surface area contributed by atoms with Gasteiger partial charge in [0.2, 0.25) is 0 Å². The Balaban J connectivity index is 1.79. The molecular formula is C24H29ClN6O4. The van der Waals surface area contributed by atoms with E-state index in [9.17, 15) is 9.59 Å². The Hall–Kier alpha value is -3.53. The maximum absolute atomic E-state index is 12.8. The summed E-state index contributed by atoms with van der Waals surface area (Å²) in [4.78, 5) is 33.5. The lowest BCUT2D eigenvalue weighted by Gasteiger charge is -2.20. The molecule has 35 heavy (non-hydrogen) atoms. The van der Waals surface area contributed by atoms with Gasteiger partial charge in [0.1, 0.15) is 22.6 Å². The molecule has 1 amide bonds. The highest BCUT2D eigenvalue weighted by molar-refractivity contribution is 6.30. The Bertz CT molecular complexity index is 1220. The lowest BCUT2D eigenvalue weighted by Crippen LogP contribution is -2.27. The van der Waals surface area contributed by atoms with Gasteiger partial charge in [-0.2, -0.15) is 0 Å². The van der Waals surface area contributed by atoms with Gasteiger partial charge in [-0.3, -0.25) is 10.1 Å². The minimum atomic E-state index is -0.618. The average Bonchev–Trinajstić information content (AvgIpc) is 3.16. The van der Waals surface area contributed by atoms with Crippen molar-refractivity contribution in [3.05, 3.63) is 52.6 Å². The summed E-state index contributed by atoms with van der Waals surface area (Å²) in [5, 5.41) is 11.4. The molecular weight excluding hydrogens is 472 g/mol. The van der Waals surface area contributed by atoms with Crippen molar-refractivity contribution in [2.45, 2.75) is 66.2 Å². The number of rotatable bonds is 7. The minimum absolute atomic E-state index is 0.0585. The molecule has 0 saturated carbocycles. The predicted molar refractivity (Wildman–Crippen MR) is 131 cm³/mol. The van der Waals surface area contributed by atoms with E-state index in [2.05, 4.69) is 25.6 Å². The van der Waals surface area contributed by atoms with E-state index in [-0.39, 0.29) is 11.6 Å². The standard InChI is InChI=1S/C24H29ClN6O4/c1-7-31-19(13-20(32)34-15(3)16-9-8-12-26-22(16)25)21(29-30-31)18-11-10-17(14(2)27-18)28-23(33)35-24(4,5)6/h8-12,15H,7,13H2,1-6H3,(H,28,33)/t15-/m1/s1. The van der Waals surface area contributed by atoms with Crippen molar-refractivity contribution < 1.29 is 19.1 Å². The van der Waals surface area contributed by atoms with E-state index in [1.54, 1.807) is 69.8 Å². The number of esters is 1. The van der Waals surface area contributed by atoms with Gasteiger partial charge in [-0.15, -0.1) is 5.10 Å². The van der Waals surface area contributed by atoms with Crippen LogP contribution in [0.25, 0.3) is 11.4 Å². The molecule has 0 saturated heterocycles. The van der Waals surface area contributed by atoms with Crippen LogP contribution < -0.4 is 5.32 Å². The van der Waals surface area contributed by atoms with E-state index in [4.69, 9.17) is 21.1 Å². The SMILES string of the molecule is CCn1nnc(-c2ccc(NC(=O)OC(C)(C)C)c(C)n2)c1CC(=O)O[C@H](C)c1cccnc1Cl. The number of ether oxygens (including phenoxy) is 2. The van der Waals surface area contributed by atoms with Gasteiger partial charge in [-0.25, -0.2) is 19.4 Å². The predicted octanol–water partition coefficient (Wildman–Crippen LogP) is 4.91. The number of halogens is 1. The zero-order valence-electron chi connectivity index (χ0n) is 20.6. The molecule has 186 valence electrons.